The smallest absolute Gasteiger partial charge is 0.311 e. The average molecular weight is 295 g/mol. The number of aliphatic carboxylic acids is 1. The highest BCUT2D eigenvalue weighted by atomic mass is 32.1. The summed E-state index contributed by atoms with van der Waals surface area (Å²) < 4.78 is 0. The molecule has 1 amide bonds. The standard InChI is InChI=1S/C15H21NO3S/c1-2-15(14(18)19)8-9-16(11-15)13(17)7-3-5-12-6-4-10-20-12/h4,6,10H,2-3,5,7-9,11H2,1H3,(H,18,19). The van der Waals surface area contributed by atoms with Crippen LogP contribution in [0.5, 0.6) is 0 Å². The first-order chi connectivity index (χ1) is 9.57. The second-order valence-electron chi connectivity index (χ2n) is 5.44. The largest absolute Gasteiger partial charge is 0.481 e. The first kappa shape index (κ1) is 15.0. The number of carbonyl (C=O) groups excluding carboxylic acids is 1. The second-order valence-corrected chi connectivity index (χ2v) is 6.47. The number of nitrogens with zero attached hydrogens (tertiary/aromatic N) is 1. The van der Waals surface area contributed by atoms with E-state index >= 15 is 0 Å². The maximum absolute atomic E-state index is 12.1. The summed E-state index contributed by atoms with van der Waals surface area (Å²) in [5, 5.41) is 11.4. The van der Waals surface area contributed by atoms with Crippen molar-refractivity contribution in [2.75, 3.05) is 13.1 Å². The van der Waals surface area contributed by atoms with Gasteiger partial charge in [-0.1, -0.05) is 13.0 Å². The molecule has 5 heteroatoms. The minimum absolute atomic E-state index is 0.0955. The number of likely N-dealkylation sites (tertiary alicyclic amines) is 1. The SMILES string of the molecule is CCC1(C(=O)O)CCN(C(=O)CCCc2cccs2)C1. The molecule has 0 aliphatic carbocycles. The number of thiophene rings is 1. The van der Waals surface area contributed by atoms with E-state index in [1.807, 2.05) is 18.4 Å². The van der Waals surface area contributed by atoms with E-state index in [9.17, 15) is 14.7 Å². The Morgan fingerprint density at radius 3 is 2.85 bits per heavy atom. The van der Waals surface area contributed by atoms with Crippen molar-refractivity contribution in [3.63, 3.8) is 0 Å². The number of rotatable bonds is 6. The van der Waals surface area contributed by atoms with E-state index in [-0.39, 0.29) is 5.91 Å². The van der Waals surface area contributed by atoms with Gasteiger partial charge >= 0.3 is 5.97 Å². The molecule has 4 nitrogen and oxygen atoms in total. The third kappa shape index (κ3) is 3.20. The number of carboxylic acids is 1. The normalized spacial score (nSPS) is 22.1. The molecule has 1 aromatic rings. The Balaban J connectivity index is 1.80. The number of amides is 1. The fourth-order valence-corrected chi connectivity index (χ4v) is 3.48. The van der Waals surface area contributed by atoms with Crippen LogP contribution in [0.25, 0.3) is 0 Å². The summed E-state index contributed by atoms with van der Waals surface area (Å²) >= 11 is 1.71. The molecule has 1 aliphatic rings. The average Bonchev–Trinajstić information content (AvgIpc) is 3.08. The topological polar surface area (TPSA) is 57.6 Å². The van der Waals surface area contributed by atoms with Gasteiger partial charge in [0.1, 0.15) is 0 Å². The predicted molar refractivity (Wildman–Crippen MR) is 78.8 cm³/mol. The third-order valence-corrected chi connectivity index (χ3v) is 5.17. The lowest BCUT2D eigenvalue weighted by molar-refractivity contribution is -0.148. The molecule has 1 fully saturated rings. The molecule has 2 rings (SSSR count). The molecule has 0 spiro atoms. The summed E-state index contributed by atoms with van der Waals surface area (Å²) in [7, 11) is 0. The molecule has 1 aliphatic heterocycles. The predicted octanol–water partition coefficient (Wildman–Crippen LogP) is 2.78. The third-order valence-electron chi connectivity index (χ3n) is 4.23. The highest BCUT2D eigenvalue weighted by molar-refractivity contribution is 7.09. The number of hydrogen-bond donors (Lipinski definition) is 1. The monoisotopic (exact) mass is 295 g/mol. The lowest BCUT2D eigenvalue weighted by atomic mass is 9.84. The van der Waals surface area contributed by atoms with Crippen LogP contribution in [0.15, 0.2) is 17.5 Å². The van der Waals surface area contributed by atoms with E-state index in [0.717, 1.165) is 12.8 Å². The van der Waals surface area contributed by atoms with Crippen molar-refractivity contribution in [3.05, 3.63) is 22.4 Å². The molecule has 0 saturated carbocycles. The van der Waals surface area contributed by atoms with Crippen molar-refractivity contribution in [3.8, 4) is 0 Å². The van der Waals surface area contributed by atoms with Crippen LogP contribution in [-0.2, 0) is 16.0 Å². The molecular weight excluding hydrogens is 274 g/mol. The number of carboxylic acid groups (broad SMARTS) is 1. The van der Waals surface area contributed by atoms with Gasteiger partial charge in [0.2, 0.25) is 5.91 Å². The van der Waals surface area contributed by atoms with Gasteiger partial charge in [-0.25, -0.2) is 0 Å². The van der Waals surface area contributed by atoms with Crippen LogP contribution >= 0.6 is 11.3 Å². The minimum atomic E-state index is -0.770. The molecule has 1 unspecified atom stereocenters. The Labute approximate surface area is 123 Å². The molecule has 0 bridgehead atoms. The molecule has 0 aromatic carbocycles. The fraction of sp³-hybridized carbons (Fsp3) is 0.600. The van der Waals surface area contributed by atoms with E-state index in [2.05, 4.69) is 6.07 Å². The van der Waals surface area contributed by atoms with E-state index in [0.29, 0.717) is 32.4 Å². The zero-order valence-electron chi connectivity index (χ0n) is 11.8. The first-order valence-electron chi connectivity index (χ1n) is 7.11. The van der Waals surface area contributed by atoms with Crippen LogP contribution in [-0.4, -0.2) is 35.0 Å². The molecule has 20 heavy (non-hydrogen) atoms. The van der Waals surface area contributed by atoms with Crippen molar-refractivity contribution in [1.29, 1.82) is 0 Å². The zero-order chi connectivity index (χ0) is 14.6. The summed E-state index contributed by atoms with van der Waals surface area (Å²) in [5.41, 5.74) is -0.719. The summed E-state index contributed by atoms with van der Waals surface area (Å²) in [6.45, 7) is 2.84. The van der Waals surface area contributed by atoms with E-state index in [1.54, 1.807) is 16.2 Å². The van der Waals surface area contributed by atoms with E-state index in [1.165, 1.54) is 4.88 Å². The lowest BCUT2D eigenvalue weighted by Gasteiger charge is -2.23. The highest BCUT2D eigenvalue weighted by Gasteiger charge is 2.44. The van der Waals surface area contributed by atoms with Gasteiger partial charge in [-0.05, 0) is 37.1 Å². The summed E-state index contributed by atoms with van der Waals surface area (Å²) in [4.78, 5) is 26.5. The van der Waals surface area contributed by atoms with Crippen molar-refractivity contribution in [2.45, 2.75) is 39.0 Å². The second kappa shape index (κ2) is 6.39. The highest BCUT2D eigenvalue weighted by Crippen LogP contribution is 2.34. The number of aryl methyl sites for hydroxylation is 1. The Hall–Kier alpha value is -1.36. The summed E-state index contributed by atoms with van der Waals surface area (Å²) in [6, 6.07) is 4.10. The van der Waals surface area contributed by atoms with Gasteiger partial charge in [-0.2, -0.15) is 0 Å². The van der Waals surface area contributed by atoms with Crippen molar-refractivity contribution < 1.29 is 14.7 Å². The van der Waals surface area contributed by atoms with Crippen molar-refractivity contribution in [2.24, 2.45) is 5.41 Å². The van der Waals surface area contributed by atoms with Crippen LogP contribution in [0.1, 0.15) is 37.5 Å². The number of carbonyl (C=O) groups is 2. The van der Waals surface area contributed by atoms with Gasteiger partial charge in [0.15, 0.2) is 0 Å². The van der Waals surface area contributed by atoms with Crippen LogP contribution < -0.4 is 0 Å². The zero-order valence-corrected chi connectivity index (χ0v) is 12.6. The Morgan fingerprint density at radius 1 is 1.50 bits per heavy atom. The maximum Gasteiger partial charge on any atom is 0.311 e. The Morgan fingerprint density at radius 2 is 2.30 bits per heavy atom. The fourth-order valence-electron chi connectivity index (χ4n) is 2.73. The van der Waals surface area contributed by atoms with Gasteiger partial charge < -0.3 is 10.0 Å². The molecule has 110 valence electrons. The molecule has 1 aromatic heterocycles. The minimum Gasteiger partial charge on any atom is -0.481 e. The van der Waals surface area contributed by atoms with Gasteiger partial charge in [-0.15, -0.1) is 11.3 Å². The summed E-state index contributed by atoms with van der Waals surface area (Å²) in [5.74, 6) is -0.674. The molecular formula is C15H21NO3S. The molecule has 2 heterocycles. The van der Waals surface area contributed by atoms with Gasteiger partial charge in [0.25, 0.3) is 0 Å². The number of hydrogen-bond acceptors (Lipinski definition) is 3. The quantitative estimate of drug-likeness (QED) is 0.878. The van der Waals surface area contributed by atoms with Crippen molar-refractivity contribution >= 4 is 23.2 Å². The first-order valence-corrected chi connectivity index (χ1v) is 7.99. The maximum atomic E-state index is 12.1. The van der Waals surface area contributed by atoms with E-state index in [4.69, 9.17) is 0 Å². The lowest BCUT2D eigenvalue weighted by Crippen LogP contribution is -2.36. The van der Waals surface area contributed by atoms with Crippen LogP contribution in [0.4, 0.5) is 0 Å². The molecule has 1 atom stereocenters. The van der Waals surface area contributed by atoms with Gasteiger partial charge in [-0.3, -0.25) is 9.59 Å². The van der Waals surface area contributed by atoms with E-state index < -0.39 is 11.4 Å². The van der Waals surface area contributed by atoms with Crippen molar-refractivity contribution in [1.82, 2.24) is 4.90 Å². The molecule has 0 radical (unpaired) electrons. The van der Waals surface area contributed by atoms with Crippen LogP contribution in [0.3, 0.4) is 0 Å². The molecule has 1 saturated heterocycles. The van der Waals surface area contributed by atoms with Gasteiger partial charge in [0.05, 0.1) is 5.41 Å². The van der Waals surface area contributed by atoms with Crippen LogP contribution in [0.2, 0.25) is 0 Å². The van der Waals surface area contributed by atoms with Gasteiger partial charge in [0, 0.05) is 24.4 Å². The van der Waals surface area contributed by atoms with Crippen LogP contribution in [0, 0.1) is 5.41 Å². The Kier molecular flexibility index (Phi) is 4.81. The molecule has 1 N–H and O–H groups in total. The Bertz CT molecular complexity index is 471. The summed E-state index contributed by atoms with van der Waals surface area (Å²) in [6.07, 6.45) is 3.44.